The molecule has 2 fully saturated rings. The second-order valence-corrected chi connectivity index (χ2v) is 10.4. The Morgan fingerprint density at radius 3 is 1.45 bits per heavy atom. The third-order valence-electron chi connectivity index (χ3n) is 6.39. The summed E-state index contributed by atoms with van der Waals surface area (Å²) in [6, 6.07) is 0. The minimum absolute atomic E-state index is 0.174. The number of hydrogen-bond donors (Lipinski definition) is 0. The molecule has 2 rings (SSSR count). The number of carbonyl (C=O) groups is 2. The average Bonchev–Trinajstić information content (AvgIpc) is 3.44. The minimum atomic E-state index is -0.661. The maximum absolute atomic E-state index is 12.8. The molecule has 4 nitrogen and oxygen atoms in total. The smallest absolute Gasteiger partial charge is 0.324 e. The van der Waals surface area contributed by atoms with Gasteiger partial charge >= 0.3 is 11.9 Å². The average molecular weight is 427 g/mol. The number of carbonyl (C=O) groups excluding carboxylic acids is 2. The zero-order chi connectivity index (χ0) is 21.0. The third-order valence-corrected chi connectivity index (χ3v) is 8.32. The van der Waals surface area contributed by atoms with Gasteiger partial charge in [0.1, 0.15) is 9.49 Å². The van der Waals surface area contributed by atoms with Crippen molar-refractivity contribution in [1.82, 2.24) is 0 Å². The lowest BCUT2D eigenvalue weighted by atomic mass is 9.79. The summed E-state index contributed by atoms with van der Waals surface area (Å²) < 4.78 is 9.92. The van der Waals surface area contributed by atoms with Crippen LogP contribution in [-0.4, -0.2) is 34.6 Å². The van der Waals surface area contributed by atoms with Gasteiger partial charge < -0.3 is 9.47 Å². The summed E-state index contributed by atoms with van der Waals surface area (Å²) in [6.45, 7) is 5.39. The van der Waals surface area contributed by atoms with Crippen molar-refractivity contribution in [3.8, 4) is 0 Å². The molecule has 1 saturated carbocycles. The Balaban J connectivity index is 1.70. The molecule has 0 bridgehead atoms. The van der Waals surface area contributed by atoms with E-state index in [4.69, 9.17) is 9.47 Å². The Morgan fingerprint density at radius 1 is 0.655 bits per heavy atom. The number of fused-ring (bicyclic) bond motifs is 1. The third kappa shape index (κ3) is 6.63. The Morgan fingerprint density at radius 2 is 1.03 bits per heavy atom. The Hall–Kier alpha value is -0.710. The number of unbranched alkanes of at least 4 members (excludes halogenated alkanes) is 10. The van der Waals surface area contributed by atoms with E-state index in [2.05, 4.69) is 13.8 Å². The molecule has 0 radical (unpaired) electrons. The van der Waals surface area contributed by atoms with Crippen molar-refractivity contribution in [2.45, 2.75) is 126 Å². The van der Waals surface area contributed by atoms with E-state index in [-0.39, 0.29) is 11.9 Å². The molecule has 29 heavy (non-hydrogen) atoms. The van der Waals surface area contributed by atoms with Gasteiger partial charge in [0.15, 0.2) is 0 Å². The summed E-state index contributed by atoms with van der Waals surface area (Å²) in [6.07, 6.45) is 17.5. The van der Waals surface area contributed by atoms with Crippen LogP contribution < -0.4 is 0 Å². The van der Waals surface area contributed by atoms with E-state index in [1.54, 1.807) is 0 Å². The fraction of sp³-hybridized carbons (Fsp3) is 0.917. The van der Waals surface area contributed by atoms with Crippen molar-refractivity contribution in [3.05, 3.63) is 0 Å². The molecule has 0 aromatic heterocycles. The van der Waals surface area contributed by atoms with Crippen LogP contribution in [0.25, 0.3) is 0 Å². The zero-order valence-corrected chi connectivity index (χ0v) is 19.6. The van der Waals surface area contributed by atoms with Crippen molar-refractivity contribution >= 4 is 23.7 Å². The Labute approximate surface area is 182 Å². The molecule has 1 aliphatic heterocycles. The van der Waals surface area contributed by atoms with E-state index in [1.165, 1.54) is 63.1 Å². The van der Waals surface area contributed by atoms with Crippen molar-refractivity contribution < 1.29 is 19.1 Å². The molecule has 2 aliphatic rings. The molecule has 1 saturated heterocycles. The fourth-order valence-electron chi connectivity index (χ4n) is 4.47. The van der Waals surface area contributed by atoms with Crippen molar-refractivity contribution in [1.29, 1.82) is 0 Å². The molecular weight excluding hydrogens is 384 g/mol. The van der Waals surface area contributed by atoms with Crippen molar-refractivity contribution in [3.63, 3.8) is 0 Å². The molecule has 2 unspecified atom stereocenters. The molecule has 0 aromatic carbocycles. The summed E-state index contributed by atoms with van der Waals surface area (Å²) >= 11 is 1.51. The van der Waals surface area contributed by atoms with Gasteiger partial charge in [-0.2, -0.15) is 0 Å². The molecule has 168 valence electrons. The van der Waals surface area contributed by atoms with E-state index in [1.807, 2.05) is 0 Å². The van der Waals surface area contributed by atoms with E-state index >= 15 is 0 Å². The lowest BCUT2D eigenvalue weighted by Gasteiger charge is -2.25. The van der Waals surface area contributed by atoms with Gasteiger partial charge in [-0.25, -0.2) is 0 Å². The van der Waals surface area contributed by atoms with Crippen LogP contribution in [0.2, 0.25) is 0 Å². The second-order valence-electron chi connectivity index (χ2n) is 8.77. The first-order valence-electron chi connectivity index (χ1n) is 12.2. The van der Waals surface area contributed by atoms with Crippen LogP contribution in [0.1, 0.15) is 117 Å². The first-order chi connectivity index (χ1) is 14.1. The van der Waals surface area contributed by atoms with Gasteiger partial charge in [-0.3, -0.25) is 9.59 Å². The molecule has 2 atom stereocenters. The highest BCUT2D eigenvalue weighted by atomic mass is 32.2. The van der Waals surface area contributed by atoms with Gasteiger partial charge in [0.25, 0.3) is 0 Å². The van der Waals surface area contributed by atoms with E-state index in [0.717, 1.165) is 51.4 Å². The van der Waals surface area contributed by atoms with Crippen LogP contribution in [0, 0.1) is 0 Å². The standard InChI is InChI=1S/C24H42O4S/c1-3-5-7-9-11-15-19-27-21(25)23-17-13-14-18-24(23,29-23)22(26)28-20-16-12-10-8-6-4-2/h3-20H2,1-2H3. The predicted octanol–water partition coefficient (Wildman–Crippen LogP) is 6.59. The molecule has 0 spiro atoms. The second kappa shape index (κ2) is 12.9. The first-order valence-corrected chi connectivity index (χ1v) is 13.0. The van der Waals surface area contributed by atoms with Gasteiger partial charge in [-0.1, -0.05) is 90.9 Å². The highest BCUT2D eigenvalue weighted by molar-refractivity contribution is 8.11. The summed E-state index contributed by atoms with van der Waals surface area (Å²) in [5, 5.41) is 0. The van der Waals surface area contributed by atoms with E-state index < -0.39 is 9.49 Å². The Bertz CT molecular complexity index is 465. The topological polar surface area (TPSA) is 52.6 Å². The van der Waals surface area contributed by atoms with Gasteiger partial charge in [0, 0.05) is 0 Å². The summed E-state index contributed by atoms with van der Waals surface area (Å²) in [5.41, 5.74) is 0. The normalized spacial score (nSPS) is 25.3. The highest BCUT2D eigenvalue weighted by Gasteiger charge is 2.79. The Kier molecular flexibility index (Phi) is 10.9. The minimum Gasteiger partial charge on any atom is -0.465 e. The lowest BCUT2D eigenvalue weighted by molar-refractivity contribution is -0.155. The highest BCUT2D eigenvalue weighted by Crippen LogP contribution is 2.71. The fourth-order valence-corrected chi connectivity index (χ4v) is 6.16. The predicted molar refractivity (Wildman–Crippen MR) is 120 cm³/mol. The van der Waals surface area contributed by atoms with Crippen LogP contribution in [0.5, 0.6) is 0 Å². The summed E-state index contributed by atoms with van der Waals surface area (Å²) in [4.78, 5) is 25.7. The number of ether oxygens (including phenoxy) is 2. The van der Waals surface area contributed by atoms with Crippen LogP contribution in [0.3, 0.4) is 0 Å². The lowest BCUT2D eigenvalue weighted by Crippen LogP contribution is -2.44. The van der Waals surface area contributed by atoms with Gasteiger partial charge in [-0.15, -0.1) is 11.8 Å². The van der Waals surface area contributed by atoms with E-state index in [0.29, 0.717) is 13.2 Å². The van der Waals surface area contributed by atoms with Crippen LogP contribution in [0.15, 0.2) is 0 Å². The number of esters is 2. The molecule has 0 amide bonds. The van der Waals surface area contributed by atoms with Crippen LogP contribution in [0.4, 0.5) is 0 Å². The van der Waals surface area contributed by atoms with Crippen molar-refractivity contribution in [2.24, 2.45) is 0 Å². The molecular formula is C24H42O4S. The number of thioether (sulfide) groups is 1. The van der Waals surface area contributed by atoms with E-state index in [9.17, 15) is 9.59 Å². The van der Waals surface area contributed by atoms with Crippen molar-refractivity contribution in [2.75, 3.05) is 13.2 Å². The quantitative estimate of drug-likeness (QED) is 0.158. The summed E-state index contributed by atoms with van der Waals surface area (Å²) in [7, 11) is 0. The van der Waals surface area contributed by atoms with Crippen LogP contribution in [-0.2, 0) is 19.1 Å². The number of hydrogen-bond acceptors (Lipinski definition) is 5. The maximum Gasteiger partial charge on any atom is 0.324 e. The molecule has 1 aliphatic carbocycles. The zero-order valence-electron chi connectivity index (χ0n) is 18.8. The molecule has 1 heterocycles. The molecule has 0 aromatic rings. The van der Waals surface area contributed by atoms with Gasteiger partial charge in [0.2, 0.25) is 0 Å². The summed E-state index contributed by atoms with van der Waals surface area (Å²) in [5.74, 6) is -0.348. The maximum atomic E-state index is 12.8. The SMILES string of the molecule is CCCCCCCCOC(=O)C12CCCCC1(C(=O)OCCCCCCCC)S2. The monoisotopic (exact) mass is 426 g/mol. The van der Waals surface area contributed by atoms with Gasteiger partial charge in [-0.05, 0) is 25.7 Å². The largest absolute Gasteiger partial charge is 0.465 e. The van der Waals surface area contributed by atoms with Crippen LogP contribution >= 0.6 is 11.8 Å². The molecule has 5 heteroatoms. The first kappa shape index (κ1) is 24.6. The molecule has 0 N–H and O–H groups in total. The van der Waals surface area contributed by atoms with Gasteiger partial charge in [0.05, 0.1) is 13.2 Å². The number of rotatable bonds is 16.